The number of aromatic amines is 1. The van der Waals surface area contributed by atoms with Gasteiger partial charge in [0.2, 0.25) is 0 Å². The molecule has 0 radical (unpaired) electrons. The maximum Gasteiger partial charge on any atom is 0.257 e. The number of morpholine rings is 1. The van der Waals surface area contributed by atoms with Crippen LogP contribution in [0, 0.1) is 0 Å². The molecule has 2 aromatic carbocycles. The van der Waals surface area contributed by atoms with Gasteiger partial charge in [0, 0.05) is 35.9 Å². The summed E-state index contributed by atoms with van der Waals surface area (Å²) in [5.41, 5.74) is 3.32. The lowest BCUT2D eigenvalue weighted by molar-refractivity contribution is 0.102. The molecule has 0 bridgehead atoms. The zero-order valence-corrected chi connectivity index (χ0v) is 15.4. The Hall–Kier alpha value is -2.90. The summed E-state index contributed by atoms with van der Waals surface area (Å²) in [5.74, 6) is -0.121. The zero-order chi connectivity index (χ0) is 18.2. The third-order valence-corrected chi connectivity index (χ3v) is 5.83. The van der Waals surface area contributed by atoms with Crippen LogP contribution in [-0.2, 0) is 4.74 Å². The van der Waals surface area contributed by atoms with E-state index in [1.54, 1.807) is 17.5 Å². The monoisotopic (exact) mass is 378 g/mol. The van der Waals surface area contributed by atoms with Crippen molar-refractivity contribution in [3.05, 3.63) is 54.2 Å². The number of hydrogen-bond donors (Lipinski definition) is 2. The third-order valence-electron chi connectivity index (χ3n) is 4.75. The Labute approximate surface area is 159 Å². The van der Waals surface area contributed by atoms with E-state index < -0.39 is 0 Å². The molecule has 1 aliphatic heterocycles. The number of ether oxygens (including phenoxy) is 1. The van der Waals surface area contributed by atoms with Crippen molar-refractivity contribution in [3.8, 4) is 0 Å². The highest BCUT2D eigenvalue weighted by Gasteiger charge is 2.16. The number of H-pyrrole nitrogens is 1. The first-order valence-electron chi connectivity index (χ1n) is 8.89. The lowest BCUT2D eigenvalue weighted by atomic mass is 10.1. The lowest BCUT2D eigenvalue weighted by Gasteiger charge is -2.25. The number of nitrogens with one attached hydrogen (secondary N) is 2. The van der Waals surface area contributed by atoms with E-state index in [9.17, 15) is 4.79 Å². The van der Waals surface area contributed by atoms with Gasteiger partial charge in [-0.15, -0.1) is 0 Å². The van der Waals surface area contributed by atoms with Crippen LogP contribution in [0.5, 0.6) is 0 Å². The van der Waals surface area contributed by atoms with Gasteiger partial charge in [-0.25, -0.2) is 4.98 Å². The number of anilines is 2. The lowest BCUT2D eigenvalue weighted by Crippen LogP contribution is -2.36. The number of nitrogens with zero attached hydrogens (tertiary/aromatic N) is 2. The van der Waals surface area contributed by atoms with Crippen molar-refractivity contribution in [3.63, 3.8) is 0 Å². The van der Waals surface area contributed by atoms with Crippen LogP contribution < -0.4 is 10.2 Å². The molecule has 7 heteroatoms. The molecule has 5 rings (SSSR count). The van der Waals surface area contributed by atoms with Crippen molar-refractivity contribution < 1.29 is 9.53 Å². The van der Waals surface area contributed by atoms with Crippen LogP contribution >= 0.6 is 11.3 Å². The molecule has 1 fully saturated rings. The van der Waals surface area contributed by atoms with E-state index in [4.69, 9.17) is 9.72 Å². The maximum absolute atomic E-state index is 12.7. The largest absolute Gasteiger partial charge is 0.378 e. The zero-order valence-electron chi connectivity index (χ0n) is 14.6. The molecule has 3 heterocycles. The highest BCUT2D eigenvalue weighted by molar-refractivity contribution is 7.22. The second-order valence-electron chi connectivity index (χ2n) is 6.48. The fraction of sp³-hybridized carbons (Fsp3) is 0.200. The van der Waals surface area contributed by atoms with Gasteiger partial charge in [-0.2, -0.15) is 0 Å². The molecule has 0 atom stereocenters. The van der Waals surface area contributed by atoms with Crippen molar-refractivity contribution in [1.29, 1.82) is 0 Å². The molecule has 6 nitrogen and oxygen atoms in total. The Morgan fingerprint density at radius 2 is 2.04 bits per heavy atom. The quantitative estimate of drug-likeness (QED) is 0.568. The summed E-state index contributed by atoms with van der Waals surface area (Å²) in [6.45, 7) is 3.21. The Morgan fingerprint density at radius 1 is 1.19 bits per heavy atom. The molecule has 27 heavy (non-hydrogen) atoms. The van der Waals surface area contributed by atoms with E-state index in [0.29, 0.717) is 5.56 Å². The van der Waals surface area contributed by atoms with Gasteiger partial charge < -0.3 is 19.9 Å². The number of benzene rings is 2. The number of amides is 1. The first kappa shape index (κ1) is 16.3. The van der Waals surface area contributed by atoms with E-state index in [2.05, 4.69) is 15.2 Å². The molecule has 0 spiro atoms. The van der Waals surface area contributed by atoms with Crippen LogP contribution in [0.2, 0.25) is 0 Å². The van der Waals surface area contributed by atoms with Gasteiger partial charge in [0.1, 0.15) is 0 Å². The Morgan fingerprint density at radius 3 is 2.93 bits per heavy atom. The number of carbonyl (C=O) groups is 1. The summed E-state index contributed by atoms with van der Waals surface area (Å²) < 4.78 is 6.47. The van der Waals surface area contributed by atoms with Gasteiger partial charge in [-0.3, -0.25) is 4.79 Å². The van der Waals surface area contributed by atoms with E-state index in [1.807, 2.05) is 42.5 Å². The predicted molar refractivity (Wildman–Crippen MR) is 109 cm³/mol. The second kappa shape index (κ2) is 6.68. The summed E-state index contributed by atoms with van der Waals surface area (Å²) in [7, 11) is 0. The summed E-state index contributed by atoms with van der Waals surface area (Å²) in [4.78, 5) is 22.8. The molecule has 2 N–H and O–H groups in total. The topological polar surface area (TPSA) is 70.2 Å². The van der Waals surface area contributed by atoms with Gasteiger partial charge in [-0.05, 0) is 24.3 Å². The average Bonchev–Trinajstić information content (AvgIpc) is 3.32. The Bertz CT molecular complexity index is 1130. The van der Waals surface area contributed by atoms with E-state index in [1.165, 1.54) is 0 Å². The molecular weight excluding hydrogens is 360 g/mol. The first-order chi connectivity index (χ1) is 13.3. The molecule has 136 valence electrons. The van der Waals surface area contributed by atoms with Crippen molar-refractivity contribution in [2.75, 3.05) is 36.5 Å². The smallest absolute Gasteiger partial charge is 0.257 e. The van der Waals surface area contributed by atoms with Gasteiger partial charge in [0.15, 0.2) is 5.13 Å². The standard InChI is InChI=1S/C20H18N4O2S/c25-19(15-12-21-16-4-2-1-3-14(15)16)22-13-5-6-17-18(11-13)27-20(23-17)24-7-9-26-10-8-24/h1-6,11-12,21H,7-10H2,(H,22,25). The second-order valence-corrected chi connectivity index (χ2v) is 7.49. The average molecular weight is 378 g/mol. The highest BCUT2D eigenvalue weighted by Crippen LogP contribution is 2.31. The van der Waals surface area contributed by atoms with Gasteiger partial charge in [0.05, 0.1) is 29.0 Å². The van der Waals surface area contributed by atoms with E-state index in [0.717, 1.165) is 58.2 Å². The molecule has 1 saturated heterocycles. The van der Waals surface area contributed by atoms with Gasteiger partial charge >= 0.3 is 0 Å². The van der Waals surface area contributed by atoms with Crippen LogP contribution in [0.15, 0.2) is 48.7 Å². The number of aromatic nitrogens is 2. The molecular formula is C20H18N4O2S. The SMILES string of the molecule is O=C(Nc1ccc2nc(N3CCOCC3)sc2c1)c1c[nH]c2ccccc12. The third kappa shape index (κ3) is 3.05. The number of para-hydroxylation sites is 1. The van der Waals surface area contributed by atoms with Crippen LogP contribution in [-0.4, -0.2) is 42.2 Å². The summed E-state index contributed by atoms with van der Waals surface area (Å²) in [6, 6.07) is 13.6. The van der Waals surface area contributed by atoms with Crippen LogP contribution in [0.3, 0.4) is 0 Å². The van der Waals surface area contributed by atoms with Crippen LogP contribution in [0.25, 0.3) is 21.1 Å². The minimum Gasteiger partial charge on any atom is -0.378 e. The predicted octanol–water partition coefficient (Wildman–Crippen LogP) is 3.87. The molecule has 1 amide bonds. The molecule has 0 unspecified atom stereocenters. The minimum atomic E-state index is -0.121. The maximum atomic E-state index is 12.7. The number of fused-ring (bicyclic) bond motifs is 2. The minimum absolute atomic E-state index is 0.121. The summed E-state index contributed by atoms with van der Waals surface area (Å²) in [5, 5.41) is 4.93. The van der Waals surface area contributed by atoms with Crippen molar-refractivity contribution in [2.45, 2.75) is 0 Å². The van der Waals surface area contributed by atoms with Crippen molar-refractivity contribution in [1.82, 2.24) is 9.97 Å². The molecule has 0 aliphatic carbocycles. The van der Waals surface area contributed by atoms with Crippen LogP contribution in [0.4, 0.5) is 10.8 Å². The van der Waals surface area contributed by atoms with Crippen LogP contribution in [0.1, 0.15) is 10.4 Å². The first-order valence-corrected chi connectivity index (χ1v) is 9.70. The van der Waals surface area contributed by atoms with Crippen molar-refractivity contribution >= 4 is 49.2 Å². The molecule has 4 aromatic rings. The fourth-order valence-corrected chi connectivity index (χ4v) is 4.39. The number of carbonyl (C=O) groups excluding carboxylic acids is 1. The number of rotatable bonds is 3. The molecule has 1 aliphatic rings. The number of hydrogen-bond acceptors (Lipinski definition) is 5. The normalized spacial score (nSPS) is 14.7. The van der Waals surface area contributed by atoms with Gasteiger partial charge in [-0.1, -0.05) is 29.5 Å². The Kier molecular flexibility index (Phi) is 4.03. The fourth-order valence-electron chi connectivity index (χ4n) is 3.34. The van der Waals surface area contributed by atoms with Gasteiger partial charge in [0.25, 0.3) is 5.91 Å². The number of thiazole rings is 1. The Balaban J connectivity index is 1.40. The summed E-state index contributed by atoms with van der Waals surface area (Å²) in [6.07, 6.45) is 1.75. The highest BCUT2D eigenvalue weighted by atomic mass is 32.1. The molecule has 2 aromatic heterocycles. The van der Waals surface area contributed by atoms with Crippen molar-refractivity contribution in [2.24, 2.45) is 0 Å². The van der Waals surface area contributed by atoms with E-state index >= 15 is 0 Å². The molecule has 0 saturated carbocycles. The summed E-state index contributed by atoms with van der Waals surface area (Å²) >= 11 is 1.65. The van der Waals surface area contributed by atoms with E-state index in [-0.39, 0.29) is 5.91 Å².